The molecule has 2 N–H and O–H groups in total. The molecule has 0 atom stereocenters. The van der Waals surface area contributed by atoms with E-state index < -0.39 is 0 Å². The lowest BCUT2D eigenvalue weighted by Gasteiger charge is -2.12. The number of benzene rings is 1. The molecule has 7 heteroatoms. The van der Waals surface area contributed by atoms with Crippen molar-refractivity contribution in [1.29, 1.82) is 0 Å². The van der Waals surface area contributed by atoms with Crippen LogP contribution in [0.3, 0.4) is 0 Å². The average Bonchev–Trinajstić information content (AvgIpc) is 3.09. The first kappa shape index (κ1) is 15.5. The Morgan fingerprint density at radius 2 is 2.00 bits per heavy atom. The number of pyridine rings is 1. The summed E-state index contributed by atoms with van der Waals surface area (Å²) in [7, 11) is 3.01. The van der Waals surface area contributed by atoms with E-state index in [2.05, 4.69) is 20.5 Å². The van der Waals surface area contributed by atoms with E-state index in [9.17, 15) is 4.79 Å². The molecule has 0 aliphatic rings. The number of rotatable bonds is 5. The molecule has 0 bridgehead atoms. The van der Waals surface area contributed by atoms with Crippen molar-refractivity contribution in [3.8, 4) is 22.9 Å². The van der Waals surface area contributed by atoms with Crippen molar-refractivity contribution in [1.82, 2.24) is 15.2 Å². The van der Waals surface area contributed by atoms with Crippen LogP contribution >= 0.6 is 0 Å². The van der Waals surface area contributed by atoms with Gasteiger partial charge in [0.25, 0.3) is 5.91 Å². The van der Waals surface area contributed by atoms with Gasteiger partial charge in [-0.3, -0.25) is 14.9 Å². The Labute approximate surface area is 138 Å². The highest BCUT2D eigenvalue weighted by Crippen LogP contribution is 2.32. The van der Waals surface area contributed by atoms with Crippen LogP contribution in [0.2, 0.25) is 0 Å². The van der Waals surface area contributed by atoms with Crippen LogP contribution in [0.4, 0.5) is 5.69 Å². The zero-order valence-electron chi connectivity index (χ0n) is 13.2. The molecular weight excluding hydrogens is 308 g/mol. The van der Waals surface area contributed by atoms with Crippen LogP contribution in [0.5, 0.6) is 11.5 Å². The number of para-hydroxylation sites is 1. The minimum atomic E-state index is -0.329. The first-order chi connectivity index (χ1) is 11.7. The molecule has 1 aromatic carbocycles. The number of carbonyl (C=O) groups excluding carboxylic acids is 1. The highest BCUT2D eigenvalue weighted by molar-refractivity contribution is 6.08. The topological polar surface area (TPSA) is 89.1 Å². The molecule has 0 unspecified atom stereocenters. The zero-order chi connectivity index (χ0) is 16.9. The molecule has 0 saturated heterocycles. The molecule has 3 aromatic rings. The predicted octanol–water partition coefficient (Wildman–Crippen LogP) is 2.74. The van der Waals surface area contributed by atoms with E-state index >= 15 is 0 Å². The number of ether oxygens (including phenoxy) is 2. The number of aromatic amines is 1. The Bertz CT molecular complexity index is 846. The van der Waals surface area contributed by atoms with E-state index in [1.807, 2.05) is 18.2 Å². The summed E-state index contributed by atoms with van der Waals surface area (Å²) in [5.41, 5.74) is 2.21. The quantitative estimate of drug-likeness (QED) is 0.753. The van der Waals surface area contributed by atoms with Crippen LogP contribution in [0.15, 0.2) is 48.8 Å². The van der Waals surface area contributed by atoms with Crippen molar-refractivity contribution in [3.05, 3.63) is 54.4 Å². The second-order valence-corrected chi connectivity index (χ2v) is 4.87. The molecule has 2 aromatic heterocycles. The molecule has 0 radical (unpaired) electrons. The zero-order valence-corrected chi connectivity index (χ0v) is 13.2. The SMILES string of the molecule is COc1cccc(C(=O)Nc2cn[nH]c2-c2ccccn2)c1OC. The summed E-state index contributed by atoms with van der Waals surface area (Å²) in [6.07, 6.45) is 3.21. The molecule has 0 fully saturated rings. The van der Waals surface area contributed by atoms with Crippen LogP contribution in [-0.2, 0) is 0 Å². The van der Waals surface area contributed by atoms with E-state index in [0.29, 0.717) is 34.1 Å². The smallest absolute Gasteiger partial charge is 0.259 e. The Balaban J connectivity index is 1.91. The van der Waals surface area contributed by atoms with Crippen molar-refractivity contribution < 1.29 is 14.3 Å². The Hall–Kier alpha value is -3.35. The third-order valence-electron chi connectivity index (χ3n) is 3.46. The highest BCUT2D eigenvalue weighted by atomic mass is 16.5. The number of carbonyl (C=O) groups is 1. The minimum absolute atomic E-state index is 0.329. The fraction of sp³-hybridized carbons (Fsp3) is 0.118. The molecular formula is C17H16N4O3. The molecule has 122 valence electrons. The Morgan fingerprint density at radius 1 is 1.12 bits per heavy atom. The number of H-pyrrole nitrogens is 1. The van der Waals surface area contributed by atoms with Gasteiger partial charge in [0.2, 0.25) is 0 Å². The fourth-order valence-corrected chi connectivity index (χ4v) is 2.34. The first-order valence-corrected chi connectivity index (χ1v) is 7.21. The van der Waals surface area contributed by atoms with E-state index in [4.69, 9.17) is 9.47 Å². The van der Waals surface area contributed by atoms with Gasteiger partial charge < -0.3 is 14.8 Å². The van der Waals surface area contributed by atoms with Gasteiger partial charge in [-0.15, -0.1) is 0 Å². The van der Waals surface area contributed by atoms with Gasteiger partial charge in [-0.2, -0.15) is 5.10 Å². The molecule has 3 rings (SSSR count). The number of nitrogens with one attached hydrogen (secondary N) is 2. The van der Waals surface area contributed by atoms with Crippen molar-refractivity contribution in [2.45, 2.75) is 0 Å². The molecule has 0 aliphatic carbocycles. The highest BCUT2D eigenvalue weighted by Gasteiger charge is 2.18. The molecule has 0 saturated carbocycles. The summed E-state index contributed by atoms with van der Waals surface area (Å²) < 4.78 is 10.5. The van der Waals surface area contributed by atoms with Crippen molar-refractivity contribution >= 4 is 11.6 Å². The van der Waals surface area contributed by atoms with Crippen LogP contribution in [-0.4, -0.2) is 35.3 Å². The average molecular weight is 324 g/mol. The lowest BCUT2D eigenvalue weighted by molar-refractivity contribution is 0.102. The summed E-state index contributed by atoms with van der Waals surface area (Å²) >= 11 is 0. The van der Waals surface area contributed by atoms with Crippen LogP contribution < -0.4 is 14.8 Å². The van der Waals surface area contributed by atoms with Crippen molar-refractivity contribution in [2.75, 3.05) is 19.5 Å². The molecule has 0 spiro atoms. The van der Waals surface area contributed by atoms with Gasteiger partial charge in [-0.25, -0.2) is 0 Å². The maximum absolute atomic E-state index is 12.6. The predicted molar refractivity (Wildman–Crippen MR) is 89.3 cm³/mol. The number of aromatic nitrogens is 3. The summed E-state index contributed by atoms with van der Waals surface area (Å²) in [5.74, 6) is 0.534. The van der Waals surface area contributed by atoms with Crippen molar-refractivity contribution in [2.24, 2.45) is 0 Å². The summed E-state index contributed by atoms with van der Waals surface area (Å²) in [6.45, 7) is 0. The lowest BCUT2D eigenvalue weighted by atomic mass is 10.1. The molecule has 0 aliphatic heterocycles. The van der Waals surface area contributed by atoms with E-state index in [1.54, 1.807) is 24.4 Å². The molecule has 1 amide bonds. The number of methoxy groups -OCH3 is 2. The van der Waals surface area contributed by atoms with Gasteiger partial charge in [0, 0.05) is 6.20 Å². The van der Waals surface area contributed by atoms with Gasteiger partial charge >= 0.3 is 0 Å². The van der Waals surface area contributed by atoms with E-state index in [-0.39, 0.29) is 5.91 Å². The summed E-state index contributed by atoms with van der Waals surface area (Å²) in [4.78, 5) is 16.9. The Kier molecular flexibility index (Phi) is 4.42. The molecule has 24 heavy (non-hydrogen) atoms. The van der Waals surface area contributed by atoms with Gasteiger partial charge in [-0.05, 0) is 24.3 Å². The number of anilines is 1. The van der Waals surface area contributed by atoms with E-state index in [1.165, 1.54) is 20.4 Å². The second-order valence-electron chi connectivity index (χ2n) is 4.87. The van der Waals surface area contributed by atoms with Gasteiger partial charge in [0.15, 0.2) is 11.5 Å². The number of nitrogens with zero attached hydrogens (tertiary/aromatic N) is 2. The van der Waals surface area contributed by atoms with Crippen LogP contribution in [0, 0.1) is 0 Å². The van der Waals surface area contributed by atoms with Gasteiger partial charge in [-0.1, -0.05) is 12.1 Å². The maximum atomic E-state index is 12.6. The van der Waals surface area contributed by atoms with E-state index in [0.717, 1.165) is 0 Å². The van der Waals surface area contributed by atoms with Gasteiger partial charge in [0.05, 0.1) is 37.4 Å². The summed E-state index contributed by atoms with van der Waals surface area (Å²) in [5, 5.41) is 9.66. The standard InChI is InChI=1S/C17H16N4O3/c1-23-14-8-5-6-11(16(14)24-2)17(22)20-13-10-19-21-15(13)12-7-3-4-9-18-12/h3-10H,1-2H3,(H,19,21)(H,20,22). The third kappa shape index (κ3) is 2.91. The molecule has 7 nitrogen and oxygen atoms in total. The fourth-order valence-electron chi connectivity index (χ4n) is 2.34. The minimum Gasteiger partial charge on any atom is -0.493 e. The second kappa shape index (κ2) is 6.82. The summed E-state index contributed by atoms with van der Waals surface area (Å²) in [6, 6.07) is 10.6. The lowest BCUT2D eigenvalue weighted by Crippen LogP contribution is -2.14. The largest absolute Gasteiger partial charge is 0.493 e. The van der Waals surface area contributed by atoms with Crippen LogP contribution in [0.1, 0.15) is 10.4 Å². The third-order valence-corrected chi connectivity index (χ3v) is 3.46. The number of hydrogen-bond acceptors (Lipinski definition) is 5. The first-order valence-electron chi connectivity index (χ1n) is 7.21. The number of amides is 1. The number of hydrogen-bond donors (Lipinski definition) is 2. The Morgan fingerprint density at radius 3 is 2.71 bits per heavy atom. The normalized spacial score (nSPS) is 10.2. The van der Waals surface area contributed by atoms with Gasteiger partial charge in [0.1, 0.15) is 5.69 Å². The monoisotopic (exact) mass is 324 g/mol. The van der Waals surface area contributed by atoms with Crippen molar-refractivity contribution in [3.63, 3.8) is 0 Å². The maximum Gasteiger partial charge on any atom is 0.259 e. The van der Waals surface area contributed by atoms with Crippen LogP contribution in [0.25, 0.3) is 11.4 Å². The molecule has 2 heterocycles.